The maximum Gasteiger partial charge on any atom is 0.233 e. The van der Waals surface area contributed by atoms with Crippen LogP contribution >= 0.6 is 11.8 Å². The molecular weight excluding hydrogens is 348 g/mol. The van der Waals surface area contributed by atoms with Gasteiger partial charge in [-0.25, -0.2) is 0 Å². The first-order valence-electron chi connectivity index (χ1n) is 9.51. The van der Waals surface area contributed by atoms with Crippen LogP contribution in [0.2, 0.25) is 0 Å². The second-order valence-electron chi connectivity index (χ2n) is 7.39. The van der Waals surface area contributed by atoms with Crippen LogP contribution in [0.5, 0.6) is 0 Å². The van der Waals surface area contributed by atoms with Crippen LogP contribution in [-0.4, -0.2) is 43.9 Å². The third kappa shape index (κ3) is 3.29. The van der Waals surface area contributed by atoms with Gasteiger partial charge in [0.2, 0.25) is 5.91 Å². The average molecular weight is 375 g/mol. The van der Waals surface area contributed by atoms with E-state index in [9.17, 15) is 4.79 Å². The fourth-order valence-electron chi connectivity index (χ4n) is 4.44. The fraction of sp³-hybridized carbons (Fsp3) is 0.632. The quantitative estimate of drug-likeness (QED) is 0.764. The fourth-order valence-corrected chi connectivity index (χ4v) is 5.23. The predicted molar refractivity (Wildman–Crippen MR) is 101 cm³/mol. The van der Waals surface area contributed by atoms with Gasteiger partial charge in [0.1, 0.15) is 5.76 Å². The standard InChI is InChI=1S/C19H26N4O2S/c1-13-15(9-11-25-13)18-20-21-19(22(18)2)26-12-17(24)23-10-5-7-14-6-3-4-8-16(14)23/h9,11,14,16H,3-8,10,12H2,1-2H3/t14-,16+/m1/s1. The van der Waals surface area contributed by atoms with E-state index in [-0.39, 0.29) is 5.91 Å². The number of rotatable bonds is 4. The van der Waals surface area contributed by atoms with Gasteiger partial charge in [-0.05, 0) is 44.6 Å². The number of furan rings is 1. The highest BCUT2D eigenvalue weighted by Gasteiger charge is 2.35. The molecular formula is C19H26N4O2S. The lowest BCUT2D eigenvalue weighted by Crippen LogP contribution is -2.50. The molecule has 0 radical (unpaired) electrons. The van der Waals surface area contributed by atoms with Gasteiger partial charge in [0, 0.05) is 19.6 Å². The van der Waals surface area contributed by atoms with E-state index in [1.807, 2.05) is 24.6 Å². The van der Waals surface area contributed by atoms with Crippen molar-refractivity contribution in [2.45, 2.75) is 56.6 Å². The van der Waals surface area contributed by atoms with Crippen LogP contribution in [0.1, 0.15) is 44.3 Å². The second-order valence-corrected chi connectivity index (χ2v) is 8.33. The van der Waals surface area contributed by atoms with Crippen LogP contribution in [0.3, 0.4) is 0 Å². The molecule has 0 aromatic carbocycles. The molecule has 2 aromatic rings. The van der Waals surface area contributed by atoms with Gasteiger partial charge < -0.3 is 13.9 Å². The van der Waals surface area contributed by atoms with Crippen molar-refractivity contribution in [1.82, 2.24) is 19.7 Å². The number of nitrogens with zero attached hydrogens (tertiary/aromatic N) is 4. The SMILES string of the molecule is Cc1occc1-c1nnc(SCC(=O)N2CCC[C@H]3CCCC[C@@H]32)n1C. The van der Waals surface area contributed by atoms with E-state index in [2.05, 4.69) is 15.1 Å². The minimum absolute atomic E-state index is 0.246. The monoisotopic (exact) mass is 374 g/mol. The summed E-state index contributed by atoms with van der Waals surface area (Å²) in [5.74, 6) is 2.99. The number of aromatic nitrogens is 3. The molecule has 2 aromatic heterocycles. The molecule has 0 N–H and O–H groups in total. The summed E-state index contributed by atoms with van der Waals surface area (Å²) in [5, 5.41) is 9.33. The predicted octanol–water partition coefficient (Wildman–Crippen LogP) is 3.66. The Balaban J connectivity index is 1.42. The first-order valence-corrected chi connectivity index (χ1v) is 10.5. The second kappa shape index (κ2) is 7.47. The normalized spacial score (nSPS) is 23.1. The summed E-state index contributed by atoms with van der Waals surface area (Å²) in [7, 11) is 1.94. The number of piperidine rings is 1. The van der Waals surface area contributed by atoms with Crippen molar-refractivity contribution in [2.75, 3.05) is 12.3 Å². The molecule has 4 rings (SSSR count). The molecule has 0 unspecified atom stereocenters. The van der Waals surface area contributed by atoms with Gasteiger partial charge in [-0.1, -0.05) is 24.6 Å². The van der Waals surface area contributed by atoms with Crippen molar-refractivity contribution in [3.8, 4) is 11.4 Å². The molecule has 0 spiro atoms. The first kappa shape index (κ1) is 17.6. The van der Waals surface area contributed by atoms with Crippen molar-refractivity contribution >= 4 is 17.7 Å². The Kier molecular flexibility index (Phi) is 5.07. The van der Waals surface area contributed by atoms with Crippen molar-refractivity contribution in [2.24, 2.45) is 13.0 Å². The molecule has 140 valence electrons. The summed E-state index contributed by atoms with van der Waals surface area (Å²) in [6.07, 6.45) is 9.14. The number of aryl methyl sites for hydroxylation is 1. The Morgan fingerprint density at radius 1 is 1.27 bits per heavy atom. The highest BCUT2D eigenvalue weighted by atomic mass is 32.2. The lowest BCUT2D eigenvalue weighted by atomic mass is 9.78. The minimum Gasteiger partial charge on any atom is -0.469 e. The molecule has 6 nitrogen and oxygen atoms in total. The van der Waals surface area contributed by atoms with E-state index >= 15 is 0 Å². The summed E-state index contributed by atoms with van der Waals surface area (Å²) >= 11 is 1.48. The summed E-state index contributed by atoms with van der Waals surface area (Å²) in [6, 6.07) is 2.37. The van der Waals surface area contributed by atoms with Gasteiger partial charge in [-0.2, -0.15) is 0 Å². The highest BCUT2D eigenvalue weighted by Crippen LogP contribution is 2.35. The minimum atomic E-state index is 0.246. The lowest BCUT2D eigenvalue weighted by Gasteiger charge is -2.44. The van der Waals surface area contributed by atoms with E-state index in [0.717, 1.165) is 41.2 Å². The van der Waals surface area contributed by atoms with Crippen molar-refractivity contribution in [3.05, 3.63) is 18.1 Å². The van der Waals surface area contributed by atoms with Gasteiger partial charge >= 0.3 is 0 Å². The number of amides is 1. The van der Waals surface area contributed by atoms with Crippen molar-refractivity contribution in [3.63, 3.8) is 0 Å². The Morgan fingerprint density at radius 2 is 2.08 bits per heavy atom. The summed E-state index contributed by atoms with van der Waals surface area (Å²) in [5.41, 5.74) is 0.944. The van der Waals surface area contributed by atoms with Gasteiger partial charge in [-0.15, -0.1) is 10.2 Å². The number of carbonyl (C=O) groups excluding carboxylic acids is 1. The third-order valence-corrected chi connectivity index (χ3v) is 6.83. The van der Waals surface area contributed by atoms with E-state index in [1.54, 1.807) is 6.26 Å². The zero-order valence-corrected chi connectivity index (χ0v) is 16.3. The largest absolute Gasteiger partial charge is 0.469 e. The molecule has 7 heteroatoms. The summed E-state index contributed by atoms with van der Waals surface area (Å²) < 4.78 is 7.30. The maximum absolute atomic E-state index is 12.9. The topological polar surface area (TPSA) is 64.2 Å². The van der Waals surface area contributed by atoms with Crippen LogP contribution in [0, 0.1) is 12.8 Å². The molecule has 1 aliphatic carbocycles. The molecule has 0 bridgehead atoms. The van der Waals surface area contributed by atoms with Gasteiger partial charge in [0.15, 0.2) is 11.0 Å². The molecule has 26 heavy (non-hydrogen) atoms. The van der Waals surface area contributed by atoms with Crippen LogP contribution in [0.4, 0.5) is 0 Å². The molecule has 1 saturated carbocycles. The molecule has 1 amide bonds. The molecule has 3 heterocycles. The Labute approximate surface area is 158 Å². The summed E-state index contributed by atoms with van der Waals surface area (Å²) in [4.78, 5) is 15.0. The molecule has 1 aliphatic heterocycles. The molecule has 1 saturated heterocycles. The van der Waals surface area contributed by atoms with E-state index in [1.165, 1.54) is 43.9 Å². The number of likely N-dealkylation sites (tertiary alicyclic amines) is 1. The zero-order chi connectivity index (χ0) is 18.1. The average Bonchev–Trinajstić information content (AvgIpc) is 3.24. The summed E-state index contributed by atoms with van der Waals surface area (Å²) in [6.45, 7) is 2.83. The molecule has 2 fully saturated rings. The van der Waals surface area contributed by atoms with Gasteiger partial charge in [-0.3, -0.25) is 4.79 Å². The van der Waals surface area contributed by atoms with Crippen LogP contribution in [0.15, 0.2) is 21.9 Å². The van der Waals surface area contributed by atoms with Gasteiger partial charge in [0.25, 0.3) is 0 Å². The van der Waals surface area contributed by atoms with Crippen LogP contribution < -0.4 is 0 Å². The molecule has 2 aliphatic rings. The smallest absolute Gasteiger partial charge is 0.233 e. The number of thioether (sulfide) groups is 1. The van der Waals surface area contributed by atoms with Crippen molar-refractivity contribution < 1.29 is 9.21 Å². The number of carbonyl (C=O) groups is 1. The highest BCUT2D eigenvalue weighted by molar-refractivity contribution is 7.99. The number of hydrogen-bond donors (Lipinski definition) is 0. The zero-order valence-electron chi connectivity index (χ0n) is 15.5. The Morgan fingerprint density at radius 3 is 2.88 bits per heavy atom. The number of hydrogen-bond acceptors (Lipinski definition) is 5. The Bertz CT molecular complexity index is 782. The van der Waals surface area contributed by atoms with E-state index < -0.39 is 0 Å². The third-order valence-electron chi connectivity index (χ3n) is 5.82. The Hall–Kier alpha value is -1.76. The van der Waals surface area contributed by atoms with Crippen LogP contribution in [-0.2, 0) is 11.8 Å². The van der Waals surface area contributed by atoms with Crippen LogP contribution in [0.25, 0.3) is 11.4 Å². The van der Waals surface area contributed by atoms with Crippen molar-refractivity contribution in [1.29, 1.82) is 0 Å². The number of fused-ring (bicyclic) bond motifs is 1. The van der Waals surface area contributed by atoms with E-state index in [4.69, 9.17) is 4.42 Å². The lowest BCUT2D eigenvalue weighted by molar-refractivity contribution is -0.134. The van der Waals surface area contributed by atoms with E-state index in [0.29, 0.717) is 11.8 Å². The first-order chi connectivity index (χ1) is 12.6. The molecule has 2 atom stereocenters. The maximum atomic E-state index is 12.9. The van der Waals surface area contributed by atoms with Gasteiger partial charge in [0.05, 0.1) is 17.6 Å².